The third-order valence-corrected chi connectivity index (χ3v) is 5.90. The number of aryl methyl sites for hydroxylation is 1. The van der Waals surface area contributed by atoms with Crippen LogP contribution in [-0.2, 0) is 6.54 Å². The lowest BCUT2D eigenvalue weighted by Crippen LogP contribution is -2.53. The number of rotatable bonds is 4. The Morgan fingerprint density at radius 3 is 2.89 bits per heavy atom. The molecule has 0 aliphatic carbocycles. The van der Waals surface area contributed by atoms with Gasteiger partial charge in [-0.25, -0.2) is 9.97 Å². The molecular weight excluding hydrogens is 374 g/mol. The van der Waals surface area contributed by atoms with Crippen molar-refractivity contribution in [2.24, 2.45) is 0 Å². The molecule has 0 fully saturated rings. The van der Waals surface area contributed by atoms with Gasteiger partial charge in [-0.1, -0.05) is 0 Å². The van der Waals surface area contributed by atoms with Gasteiger partial charge >= 0.3 is 0 Å². The van der Waals surface area contributed by atoms with Crippen molar-refractivity contribution in [3.63, 3.8) is 0 Å². The first-order valence-corrected chi connectivity index (χ1v) is 9.85. The van der Waals surface area contributed by atoms with E-state index in [0.717, 1.165) is 22.2 Å². The summed E-state index contributed by atoms with van der Waals surface area (Å²) in [7, 11) is 0. The van der Waals surface area contributed by atoms with Crippen LogP contribution < -0.4 is 9.64 Å². The summed E-state index contributed by atoms with van der Waals surface area (Å²) >= 11 is 1.52. The van der Waals surface area contributed by atoms with Crippen LogP contribution in [0.1, 0.15) is 42.5 Å². The molecule has 0 saturated heterocycles. The van der Waals surface area contributed by atoms with Crippen LogP contribution in [0.25, 0.3) is 0 Å². The minimum atomic E-state index is -0.840. The number of H-pyrrole nitrogens is 1. The zero-order chi connectivity index (χ0) is 19.9. The van der Waals surface area contributed by atoms with Gasteiger partial charge < -0.3 is 19.7 Å². The third-order valence-electron chi connectivity index (χ3n) is 4.91. The molecule has 0 saturated carbocycles. The Kier molecular flexibility index (Phi) is 4.57. The standard InChI is InChI=1S/C20H21N5O2S/c1-12-11-28-19(24-12)25(10-16-22-6-7-23-16)17-14-8-13(9-21)4-5-15(14)27-20(2,3)18(17)26/h4-8,11,17-18,26H,10H2,1-3H3,(H,22,23)/t17-,18+/m0/s1. The summed E-state index contributed by atoms with van der Waals surface area (Å²) in [5.74, 6) is 1.43. The van der Waals surface area contributed by atoms with E-state index < -0.39 is 17.7 Å². The first-order valence-electron chi connectivity index (χ1n) is 8.97. The Bertz CT molecular complexity index is 1020. The Morgan fingerprint density at radius 2 is 2.25 bits per heavy atom. The van der Waals surface area contributed by atoms with Gasteiger partial charge in [0, 0.05) is 23.3 Å². The average molecular weight is 395 g/mol. The monoisotopic (exact) mass is 395 g/mol. The second-order valence-electron chi connectivity index (χ2n) is 7.39. The van der Waals surface area contributed by atoms with E-state index in [-0.39, 0.29) is 0 Å². The third kappa shape index (κ3) is 3.23. The number of nitriles is 1. The fourth-order valence-electron chi connectivity index (χ4n) is 3.48. The number of imidazole rings is 1. The summed E-state index contributed by atoms with van der Waals surface area (Å²) in [6.07, 6.45) is 2.63. The van der Waals surface area contributed by atoms with E-state index in [1.165, 1.54) is 11.3 Å². The maximum Gasteiger partial charge on any atom is 0.186 e. The van der Waals surface area contributed by atoms with Crippen LogP contribution in [0.2, 0.25) is 0 Å². The van der Waals surface area contributed by atoms with Crippen molar-refractivity contribution >= 4 is 16.5 Å². The number of fused-ring (bicyclic) bond motifs is 1. The molecule has 0 spiro atoms. The molecule has 1 aromatic carbocycles. The number of nitrogens with one attached hydrogen (secondary N) is 1. The van der Waals surface area contributed by atoms with E-state index in [4.69, 9.17) is 4.74 Å². The van der Waals surface area contributed by atoms with Gasteiger partial charge in [-0.3, -0.25) is 0 Å². The van der Waals surface area contributed by atoms with Crippen LogP contribution in [-0.4, -0.2) is 31.8 Å². The molecule has 7 nitrogen and oxygen atoms in total. The van der Waals surface area contributed by atoms with E-state index in [1.807, 2.05) is 31.1 Å². The van der Waals surface area contributed by atoms with Gasteiger partial charge in [-0.2, -0.15) is 5.26 Å². The average Bonchev–Trinajstić information content (AvgIpc) is 3.32. The minimum Gasteiger partial charge on any atom is -0.485 e. The molecule has 1 aliphatic heterocycles. The molecule has 144 valence electrons. The Morgan fingerprint density at radius 1 is 1.43 bits per heavy atom. The molecule has 8 heteroatoms. The van der Waals surface area contributed by atoms with Crippen molar-refractivity contribution in [3.05, 3.63) is 58.6 Å². The van der Waals surface area contributed by atoms with Gasteiger partial charge in [-0.05, 0) is 39.0 Å². The van der Waals surface area contributed by atoms with Gasteiger partial charge in [0.2, 0.25) is 0 Å². The highest BCUT2D eigenvalue weighted by molar-refractivity contribution is 7.13. The molecule has 1 aliphatic rings. The van der Waals surface area contributed by atoms with Gasteiger partial charge in [0.15, 0.2) is 5.13 Å². The molecule has 28 heavy (non-hydrogen) atoms. The largest absolute Gasteiger partial charge is 0.485 e. The lowest BCUT2D eigenvalue weighted by molar-refractivity contribution is -0.0590. The molecular formula is C20H21N5O2S. The highest BCUT2D eigenvalue weighted by atomic mass is 32.1. The maximum absolute atomic E-state index is 11.3. The van der Waals surface area contributed by atoms with Gasteiger partial charge in [0.1, 0.15) is 23.3 Å². The molecule has 0 radical (unpaired) electrons. The molecule has 0 bridgehead atoms. The number of aliphatic hydroxyl groups excluding tert-OH is 1. The lowest BCUT2D eigenvalue weighted by atomic mass is 9.85. The zero-order valence-corrected chi connectivity index (χ0v) is 16.7. The second kappa shape index (κ2) is 6.93. The molecule has 4 rings (SSSR count). The summed E-state index contributed by atoms with van der Waals surface area (Å²) in [5.41, 5.74) is 1.40. The van der Waals surface area contributed by atoms with E-state index in [0.29, 0.717) is 17.9 Å². The fourth-order valence-corrected chi connectivity index (χ4v) is 4.32. The molecule has 2 aromatic heterocycles. The van der Waals surface area contributed by atoms with Crippen molar-refractivity contribution in [1.82, 2.24) is 15.0 Å². The van der Waals surface area contributed by atoms with E-state index >= 15 is 0 Å². The van der Waals surface area contributed by atoms with Crippen LogP contribution in [0.3, 0.4) is 0 Å². The van der Waals surface area contributed by atoms with Crippen LogP contribution in [0.4, 0.5) is 5.13 Å². The van der Waals surface area contributed by atoms with Crippen molar-refractivity contribution in [2.45, 2.75) is 45.1 Å². The summed E-state index contributed by atoms with van der Waals surface area (Å²) in [6, 6.07) is 7.05. The quantitative estimate of drug-likeness (QED) is 0.703. The van der Waals surface area contributed by atoms with Crippen LogP contribution >= 0.6 is 11.3 Å². The maximum atomic E-state index is 11.3. The normalized spacial score (nSPS) is 20.1. The molecule has 2 atom stereocenters. The SMILES string of the molecule is Cc1csc(N(Cc2ncc[nH]2)[C@H]2c3cc(C#N)ccc3OC(C)(C)[C@@H]2O)n1. The molecule has 2 N–H and O–H groups in total. The van der Waals surface area contributed by atoms with Crippen LogP contribution in [0.15, 0.2) is 36.0 Å². The Labute approximate surface area is 167 Å². The fraction of sp³-hybridized carbons (Fsp3) is 0.350. The number of aromatic amines is 1. The van der Waals surface area contributed by atoms with Crippen molar-refractivity contribution in [2.75, 3.05) is 4.90 Å². The summed E-state index contributed by atoms with van der Waals surface area (Å²) < 4.78 is 6.06. The van der Waals surface area contributed by atoms with Crippen molar-refractivity contribution in [3.8, 4) is 11.8 Å². The second-order valence-corrected chi connectivity index (χ2v) is 8.23. The highest BCUT2D eigenvalue weighted by Crippen LogP contribution is 2.45. The molecule has 0 amide bonds. The minimum absolute atomic E-state index is 0.438. The van der Waals surface area contributed by atoms with Crippen LogP contribution in [0.5, 0.6) is 5.75 Å². The summed E-state index contributed by atoms with van der Waals surface area (Å²) in [5, 5.41) is 23.4. The number of hydrogen-bond donors (Lipinski definition) is 2. The number of ether oxygens (including phenoxy) is 1. The summed E-state index contributed by atoms with van der Waals surface area (Å²) in [6.45, 7) is 6.11. The molecule has 3 heterocycles. The van der Waals surface area contributed by atoms with Crippen molar-refractivity contribution < 1.29 is 9.84 Å². The van der Waals surface area contributed by atoms with E-state index in [9.17, 15) is 10.4 Å². The van der Waals surface area contributed by atoms with Crippen molar-refractivity contribution in [1.29, 1.82) is 5.26 Å². The number of benzene rings is 1. The van der Waals surface area contributed by atoms with Gasteiger partial charge in [-0.15, -0.1) is 11.3 Å². The topological polar surface area (TPSA) is 98.1 Å². The summed E-state index contributed by atoms with van der Waals surface area (Å²) in [4.78, 5) is 14.2. The number of hydrogen-bond acceptors (Lipinski definition) is 7. The molecule has 3 aromatic rings. The highest BCUT2D eigenvalue weighted by Gasteiger charge is 2.46. The first kappa shape index (κ1) is 18.5. The first-order chi connectivity index (χ1) is 13.4. The number of nitrogens with zero attached hydrogens (tertiary/aromatic N) is 4. The smallest absolute Gasteiger partial charge is 0.186 e. The lowest BCUT2D eigenvalue weighted by Gasteiger charge is -2.46. The Hall–Kier alpha value is -2.89. The number of thiazole rings is 1. The predicted octanol–water partition coefficient (Wildman–Crippen LogP) is 3.33. The zero-order valence-electron chi connectivity index (χ0n) is 15.9. The van der Waals surface area contributed by atoms with Gasteiger partial charge in [0.05, 0.1) is 29.9 Å². The Balaban J connectivity index is 1.87. The predicted molar refractivity (Wildman–Crippen MR) is 106 cm³/mol. The van der Waals surface area contributed by atoms with Crippen LogP contribution in [0, 0.1) is 18.3 Å². The number of aliphatic hydroxyl groups is 1. The van der Waals surface area contributed by atoms with E-state index in [2.05, 4.69) is 21.0 Å². The number of aromatic nitrogens is 3. The number of anilines is 1. The van der Waals surface area contributed by atoms with Gasteiger partial charge in [0.25, 0.3) is 0 Å². The van der Waals surface area contributed by atoms with E-state index in [1.54, 1.807) is 30.6 Å². The molecule has 0 unspecified atom stereocenters.